The number of nitrogens with one attached hydrogen (secondary N) is 2. The number of halogens is 4. The first-order valence-corrected chi connectivity index (χ1v) is 14.4. The lowest BCUT2D eigenvalue weighted by molar-refractivity contribution is -0.137. The van der Waals surface area contributed by atoms with Crippen LogP contribution in [0.3, 0.4) is 0 Å². The second-order valence-corrected chi connectivity index (χ2v) is 11.5. The Morgan fingerprint density at radius 3 is 2.12 bits per heavy atom. The summed E-state index contributed by atoms with van der Waals surface area (Å²) in [6.07, 6.45) is -4.87. The SMILES string of the molecule is C[C@H](NC(=O)c1ccccc1NC(=O)CN(c1ccc(Cl)c(C(F)(F)F)c1)S(=O)(=O)c1ccccc1)c1ccccc1. The van der Waals surface area contributed by atoms with Crippen molar-refractivity contribution in [2.24, 2.45) is 0 Å². The Hall–Kier alpha value is -4.35. The standard InChI is InChI=1S/C30H25ClF3N3O4S/c1-20(21-10-4-2-5-11-21)35-29(39)24-14-8-9-15-27(24)36-28(38)19-37(42(40,41)23-12-6-3-7-13-23)22-16-17-26(31)25(18-22)30(32,33)34/h2-18,20H,19H2,1H3,(H,35,39)(H,36,38)/t20-/m0/s1. The first kappa shape index (κ1) is 30.6. The monoisotopic (exact) mass is 615 g/mol. The molecule has 2 N–H and O–H groups in total. The topological polar surface area (TPSA) is 95.6 Å². The van der Waals surface area contributed by atoms with Gasteiger partial charge in [0.15, 0.2) is 0 Å². The maximum atomic E-state index is 13.6. The van der Waals surface area contributed by atoms with Gasteiger partial charge >= 0.3 is 6.18 Å². The van der Waals surface area contributed by atoms with Crippen molar-refractivity contribution in [2.75, 3.05) is 16.2 Å². The molecule has 1 atom stereocenters. The Morgan fingerprint density at radius 1 is 0.881 bits per heavy atom. The van der Waals surface area contributed by atoms with E-state index in [9.17, 15) is 31.2 Å². The maximum absolute atomic E-state index is 13.6. The van der Waals surface area contributed by atoms with E-state index in [1.54, 1.807) is 25.1 Å². The summed E-state index contributed by atoms with van der Waals surface area (Å²) in [4.78, 5) is 26.1. The quantitative estimate of drug-likeness (QED) is 0.219. The molecule has 0 aliphatic rings. The first-order chi connectivity index (χ1) is 19.9. The number of carbonyl (C=O) groups excluding carboxylic acids is 2. The van der Waals surface area contributed by atoms with Crippen molar-refractivity contribution in [3.63, 3.8) is 0 Å². The van der Waals surface area contributed by atoms with Crippen molar-refractivity contribution in [3.05, 3.63) is 125 Å². The molecule has 0 bridgehead atoms. The van der Waals surface area contributed by atoms with E-state index in [0.717, 1.165) is 17.7 Å². The number of alkyl halides is 3. The molecule has 12 heteroatoms. The fourth-order valence-corrected chi connectivity index (χ4v) is 5.79. The zero-order chi connectivity index (χ0) is 30.5. The van der Waals surface area contributed by atoms with Crippen LogP contribution in [-0.2, 0) is 21.0 Å². The van der Waals surface area contributed by atoms with E-state index < -0.39 is 50.8 Å². The third-order valence-corrected chi connectivity index (χ3v) is 8.37. The molecule has 0 saturated heterocycles. The summed E-state index contributed by atoms with van der Waals surface area (Å²) in [6.45, 7) is 0.897. The maximum Gasteiger partial charge on any atom is 0.417 e. The molecular formula is C30H25ClF3N3O4S. The van der Waals surface area contributed by atoms with Crippen LogP contribution < -0.4 is 14.9 Å². The highest BCUT2D eigenvalue weighted by Crippen LogP contribution is 2.38. The van der Waals surface area contributed by atoms with Crippen molar-refractivity contribution < 1.29 is 31.2 Å². The van der Waals surface area contributed by atoms with E-state index in [1.807, 2.05) is 30.3 Å². The second kappa shape index (κ2) is 12.7. The van der Waals surface area contributed by atoms with Gasteiger partial charge in [0, 0.05) is 0 Å². The zero-order valence-corrected chi connectivity index (χ0v) is 23.7. The lowest BCUT2D eigenvalue weighted by atomic mass is 10.1. The lowest BCUT2D eigenvalue weighted by Crippen LogP contribution is -2.38. The van der Waals surface area contributed by atoms with Gasteiger partial charge in [0.1, 0.15) is 6.54 Å². The molecule has 42 heavy (non-hydrogen) atoms. The Labute approximate surface area is 246 Å². The van der Waals surface area contributed by atoms with Gasteiger partial charge in [-0.1, -0.05) is 72.3 Å². The van der Waals surface area contributed by atoms with E-state index in [2.05, 4.69) is 10.6 Å². The van der Waals surface area contributed by atoms with Crippen LogP contribution in [0.15, 0.2) is 108 Å². The highest BCUT2D eigenvalue weighted by molar-refractivity contribution is 7.92. The summed E-state index contributed by atoms with van der Waals surface area (Å²) < 4.78 is 68.5. The van der Waals surface area contributed by atoms with Crippen molar-refractivity contribution in [3.8, 4) is 0 Å². The molecule has 0 unspecified atom stereocenters. The number of hydrogen-bond donors (Lipinski definition) is 2. The molecule has 2 amide bonds. The molecule has 0 aliphatic carbocycles. The van der Waals surface area contributed by atoms with Gasteiger partial charge in [0.05, 0.1) is 38.5 Å². The van der Waals surface area contributed by atoms with E-state index in [1.165, 1.54) is 36.4 Å². The lowest BCUT2D eigenvalue weighted by Gasteiger charge is -2.25. The highest BCUT2D eigenvalue weighted by Gasteiger charge is 2.35. The van der Waals surface area contributed by atoms with E-state index >= 15 is 0 Å². The van der Waals surface area contributed by atoms with Crippen LogP contribution in [-0.4, -0.2) is 26.8 Å². The highest BCUT2D eigenvalue weighted by atomic mass is 35.5. The van der Waals surface area contributed by atoms with Gasteiger partial charge in [-0.15, -0.1) is 0 Å². The van der Waals surface area contributed by atoms with Gasteiger partial charge < -0.3 is 10.6 Å². The smallest absolute Gasteiger partial charge is 0.345 e. The molecule has 0 fully saturated rings. The summed E-state index contributed by atoms with van der Waals surface area (Å²) in [5.41, 5.74) is -0.630. The molecule has 0 aromatic heterocycles. The Balaban J connectivity index is 1.64. The average molecular weight is 616 g/mol. The number of nitrogens with zero attached hydrogens (tertiary/aromatic N) is 1. The van der Waals surface area contributed by atoms with Gasteiger partial charge in [0.25, 0.3) is 15.9 Å². The van der Waals surface area contributed by atoms with E-state index in [-0.39, 0.29) is 22.2 Å². The summed E-state index contributed by atoms with van der Waals surface area (Å²) >= 11 is 5.75. The number of benzene rings is 4. The molecule has 0 aliphatic heterocycles. The van der Waals surface area contributed by atoms with Crippen molar-refractivity contribution in [1.29, 1.82) is 0 Å². The predicted octanol–water partition coefficient (Wildman–Crippen LogP) is 6.68. The molecule has 0 heterocycles. The number of amides is 2. The van der Waals surface area contributed by atoms with Crippen LogP contribution in [0.25, 0.3) is 0 Å². The second-order valence-electron chi connectivity index (χ2n) is 9.19. The Bertz CT molecular complexity index is 1690. The van der Waals surface area contributed by atoms with Gasteiger partial charge in [-0.05, 0) is 55.0 Å². The third-order valence-electron chi connectivity index (χ3n) is 6.25. The van der Waals surface area contributed by atoms with Gasteiger partial charge in [-0.25, -0.2) is 8.42 Å². The summed E-state index contributed by atoms with van der Waals surface area (Å²) in [5.74, 6) is -1.39. The fourth-order valence-electron chi connectivity index (χ4n) is 4.13. The molecule has 7 nitrogen and oxygen atoms in total. The number of hydrogen-bond acceptors (Lipinski definition) is 4. The average Bonchev–Trinajstić information content (AvgIpc) is 2.97. The molecule has 0 spiro atoms. The molecule has 4 rings (SSSR count). The number of para-hydroxylation sites is 1. The van der Waals surface area contributed by atoms with Crippen molar-refractivity contribution >= 4 is 44.8 Å². The molecule has 4 aromatic rings. The molecular weight excluding hydrogens is 591 g/mol. The first-order valence-electron chi connectivity index (χ1n) is 12.6. The largest absolute Gasteiger partial charge is 0.417 e. The van der Waals surface area contributed by atoms with E-state index in [4.69, 9.17) is 11.6 Å². The van der Waals surface area contributed by atoms with Gasteiger partial charge in [-0.2, -0.15) is 13.2 Å². The Morgan fingerprint density at radius 2 is 1.48 bits per heavy atom. The minimum atomic E-state index is -4.87. The van der Waals surface area contributed by atoms with Crippen LogP contribution in [0.4, 0.5) is 24.5 Å². The van der Waals surface area contributed by atoms with Crippen LogP contribution >= 0.6 is 11.6 Å². The van der Waals surface area contributed by atoms with Gasteiger partial charge in [0.2, 0.25) is 5.91 Å². The van der Waals surface area contributed by atoms with E-state index in [0.29, 0.717) is 10.4 Å². The minimum Gasteiger partial charge on any atom is -0.345 e. The summed E-state index contributed by atoms with van der Waals surface area (Å²) in [5, 5.41) is 4.75. The number of rotatable bonds is 9. The summed E-state index contributed by atoms with van der Waals surface area (Å²) in [6, 6.07) is 24.5. The molecule has 4 aromatic carbocycles. The number of sulfonamides is 1. The predicted molar refractivity (Wildman–Crippen MR) is 155 cm³/mol. The molecule has 218 valence electrons. The fraction of sp³-hybridized carbons (Fsp3) is 0.133. The van der Waals surface area contributed by atoms with Crippen LogP contribution in [0, 0.1) is 0 Å². The van der Waals surface area contributed by atoms with Crippen molar-refractivity contribution in [2.45, 2.75) is 24.0 Å². The van der Waals surface area contributed by atoms with Crippen LogP contribution in [0.2, 0.25) is 5.02 Å². The number of carbonyl (C=O) groups is 2. The minimum absolute atomic E-state index is 0.0874. The summed E-state index contributed by atoms with van der Waals surface area (Å²) in [7, 11) is -4.51. The zero-order valence-electron chi connectivity index (χ0n) is 22.1. The normalized spacial score (nSPS) is 12.3. The third kappa shape index (κ3) is 7.10. The number of anilines is 2. The van der Waals surface area contributed by atoms with Crippen LogP contribution in [0.5, 0.6) is 0 Å². The van der Waals surface area contributed by atoms with Gasteiger partial charge in [-0.3, -0.25) is 13.9 Å². The van der Waals surface area contributed by atoms with Crippen molar-refractivity contribution in [1.82, 2.24) is 5.32 Å². The molecule has 0 radical (unpaired) electrons. The molecule has 0 saturated carbocycles. The Kier molecular flexibility index (Phi) is 9.23. The van der Waals surface area contributed by atoms with Crippen LogP contribution in [0.1, 0.15) is 34.5 Å².